The van der Waals surface area contributed by atoms with Crippen LogP contribution in [0.5, 0.6) is 0 Å². The lowest BCUT2D eigenvalue weighted by Crippen LogP contribution is -2.37. The average Bonchev–Trinajstić information content (AvgIpc) is 2.43. The predicted molar refractivity (Wildman–Crippen MR) is 71.4 cm³/mol. The maximum absolute atomic E-state index is 10.4. The quantitative estimate of drug-likeness (QED) is 0.411. The van der Waals surface area contributed by atoms with Crippen molar-refractivity contribution in [2.75, 3.05) is 26.4 Å². The van der Waals surface area contributed by atoms with Gasteiger partial charge in [0.05, 0.1) is 37.4 Å². The van der Waals surface area contributed by atoms with Crippen LogP contribution in [0.2, 0.25) is 0 Å². The fourth-order valence-electron chi connectivity index (χ4n) is 0.954. The molecule has 0 radical (unpaired) electrons. The molecule has 0 aliphatic heterocycles. The van der Waals surface area contributed by atoms with Gasteiger partial charge in [-0.25, -0.2) is 4.79 Å². The fraction of sp³-hybridized carbons (Fsp3) is 0.417. The number of rotatable bonds is 5. The first-order chi connectivity index (χ1) is 8.96. The first kappa shape index (κ1) is 17.9. The van der Waals surface area contributed by atoms with Crippen LogP contribution >= 0.6 is 12.6 Å². The molecule has 0 aliphatic rings. The summed E-state index contributed by atoms with van der Waals surface area (Å²) in [7, 11) is 0. The fourth-order valence-corrected chi connectivity index (χ4v) is 1.21. The van der Waals surface area contributed by atoms with Gasteiger partial charge in [-0.1, -0.05) is 12.1 Å². The Morgan fingerprint density at radius 1 is 1.00 bits per heavy atom. The average molecular weight is 290 g/mol. The Morgan fingerprint density at radius 2 is 1.42 bits per heavy atom. The van der Waals surface area contributed by atoms with Crippen molar-refractivity contribution < 1.29 is 30.3 Å². The summed E-state index contributed by atoms with van der Waals surface area (Å²) in [5.74, 6) is -0.939. The third-order valence-corrected chi connectivity index (χ3v) is 2.87. The minimum absolute atomic E-state index is 0.242. The zero-order valence-corrected chi connectivity index (χ0v) is 11.1. The Hall–Kier alpha value is -1.12. The number of aliphatic hydroxyl groups excluding tert-OH is 4. The second-order valence-corrected chi connectivity index (χ2v) is 4.44. The van der Waals surface area contributed by atoms with Crippen molar-refractivity contribution in [1.82, 2.24) is 0 Å². The smallest absolute Gasteiger partial charge is 0.336 e. The minimum atomic E-state index is -1.11. The third-order valence-electron chi connectivity index (χ3n) is 2.48. The van der Waals surface area contributed by atoms with Gasteiger partial charge < -0.3 is 25.5 Å². The normalized spacial score (nSPS) is 10.6. The molecule has 0 unspecified atom stereocenters. The molecule has 0 spiro atoms. The highest BCUT2D eigenvalue weighted by Gasteiger charge is 2.26. The maximum Gasteiger partial charge on any atom is 0.336 e. The summed E-state index contributed by atoms with van der Waals surface area (Å²) < 4.78 is 0. The lowest BCUT2D eigenvalue weighted by atomic mass is 9.93. The SMILES string of the molecule is O=C(O)c1ccccc1S.OCC(CO)(CO)CO. The van der Waals surface area contributed by atoms with E-state index in [2.05, 4.69) is 12.6 Å². The molecule has 1 aromatic rings. The second kappa shape index (κ2) is 8.89. The minimum Gasteiger partial charge on any atom is -0.478 e. The van der Waals surface area contributed by atoms with E-state index in [4.69, 9.17) is 25.5 Å². The number of carbonyl (C=O) groups is 1. The van der Waals surface area contributed by atoms with Gasteiger partial charge in [-0.3, -0.25) is 0 Å². The number of carboxylic acids is 1. The molecule has 0 aromatic heterocycles. The van der Waals surface area contributed by atoms with E-state index in [9.17, 15) is 4.79 Å². The second-order valence-electron chi connectivity index (χ2n) is 3.95. The molecule has 0 saturated heterocycles. The molecule has 0 atom stereocenters. The van der Waals surface area contributed by atoms with E-state index in [1.807, 2.05) is 0 Å². The zero-order valence-electron chi connectivity index (χ0n) is 10.2. The molecule has 0 aliphatic carbocycles. The van der Waals surface area contributed by atoms with Gasteiger partial charge in [0.15, 0.2) is 0 Å². The van der Waals surface area contributed by atoms with Crippen molar-refractivity contribution in [2.24, 2.45) is 5.41 Å². The molecular formula is C12H18O6S. The summed E-state index contributed by atoms with van der Waals surface area (Å²) in [5.41, 5.74) is -0.870. The van der Waals surface area contributed by atoms with E-state index in [0.717, 1.165) is 0 Å². The molecule has 5 N–H and O–H groups in total. The number of benzene rings is 1. The number of aromatic carboxylic acids is 1. The van der Waals surface area contributed by atoms with Crippen LogP contribution in [0.4, 0.5) is 0 Å². The Labute approximate surface area is 116 Å². The number of thiol groups is 1. The molecule has 0 heterocycles. The monoisotopic (exact) mass is 290 g/mol. The van der Waals surface area contributed by atoms with Crippen molar-refractivity contribution in [3.8, 4) is 0 Å². The van der Waals surface area contributed by atoms with Crippen LogP contribution in [0.1, 0.15) is 10.4 Å². The molecule has 6 nitrogen and oxygen atoms in total. The van der Waals surface area contributed by atoms with Gasteiger partial charge in [-0.05, 0) is 12.1 Å². The first-order valence-corrected chi connectivity index (χ1v) is 5.86. The molecular weight excluding hydrogens is 272 g/mol. The van der Waals surface area contributed by atoms with Gasteiger partial charge >= 0.3 is 5.97 Å². The van der Waals surface area contributed by atoms with E-state index < -0.39 is 37.8 Å². The summed E-state index contributed by atoms with van der Waals surface area (Å²) >= 11 is 3.96. The molecule has 108 valence electrons. The van der Waals surface area contributed by atoms with Crippen molar-refractivity contribution in [1.29, 1.82) is 0 Å². The number of hydrogen-bond donors (Lipinski definition) is 6. The van der Waals surface area contributed by atoms with Crippen molar-refractivity contribution in [3.05, 3.63) is 29.8 Å². The zero-order chi connectivity index (χ0) is 14.9. The third kappa shape index (κ3) is 5.58. The predicted octanol–water partition coefficient (Wildman–Crippen LogP) is -0.385. The van der Waals surface area contributed by atoms with Gasteiger partial charge in [0.25, 0.3) is 0 Å². The molecule has 1 rings (SSSR count). The molecule has 0 amide bonds. The Balaban J connectivity index is 0.000000344. The summed E-state index contributed by atoms with van der Waals surface area (Å²) in [4.78, 5) is 10.9. The van der Waals surface area contributed by atoms with Crippen molar-refractivity contribution >= 4 is 18.6 Å². The van der Waals surface area contributed by atoms with Gasteiger partial charge in [0, 0.05) is 4.90 Å². The van der Waals surface area contributed by atoms with Crippen LogP contribution in [-0.4, -0.2) is 57.9 Å². The number of carboxylic acid groups (broad SMARTS) is 1. The number of hydrogen-bond acceptors (Lipinski definition) is 6. The lowest BCUT2D eigenvalue weighted by Gasteiger charge is -2.23. The van der Waals surface area contributed by atoms with Gasteiger partial charge in [-0.15, -0.1) is 12.6 Å². The molecule has 1 aromatic carbocycles. The first-order valence-electron chi connectivity index (χ1n) is 5.41. The van der Waals surface area contributed by atoms with Crippen LogP contribution in [0.3, 0.4) is 0 Å². The summed E-state index contributed by atoms with van der Waals surface area (Å²) in [6, 6.07) is 6.58. The van der Waals surface area contributed by atoms with Gasteiger partial charge in [-0.2, -0.15) is 0 Å². The number of aliphatic hydroxyl groups is 4. The van der Waals surface area contributed by atoms with E-state index in [1.165, 1.54) is 6.07 Å². The van der Waals surface area contributed by atoms with Crippen LogP contribution in [0.15, 0.2) is 29.2 Å². The Kier molecular flexibility index (Phi) is 8.37. The molecule has 7 heteroatoms. The van der Waals surface area contributed by atoms with Crippen LogP contribution in [0.25, 0.3) is 0 Å². The van der Waals surface area contributed by atoms with Gasteiger partial charge in [0.1, 0.15) is 0 Å². The lowest BCUT2D eigenvalue weighted by molar-refractivity contribution is -0.0328. The summed E-state index contributed by atoms with van der Waals surface area (Å²) in [6.07, 6.45) is 0. The summed E-state index contributed by atoms with van der Waals surface area (Å²) in [6.45, 7) is -1.62. The van der Waals surface area contributed by atoms with Gasteiger partial charge in [0.2, 0.25) is 0 Å². The van der Waals surface area contributed by atoms with Crippen molar-refractivity contribution in [2.45, 2.75) is 4.90 Å². The highest BCUT2D eigenvalue weighted by Crippen LogP contribution is 2.12. The van der Waals surface area contributed by atoms with E-state index >= 15 is 0 Å². The standard InChI is InChI=1S/C7H6O2S.C5H12O4/c8-7(9)5-3-1-2-4-6(5)10;6-1-5(2-7,3-8)4-9/h1-4,10H,(H,8,9);6-9H,1-4H2. The highest BCUT2D eigenvalue weighted by atomic mass is 32.1. The van der Waals surface area contributed by atoms with E-state index in [-0.39, 0.29) is 5.56 Å². The highest BCUT2D eigenvalue weighted by molar-refractivity contribution is 7.80. The topological polar surface area (TPSA) is 118 Å². The Bertz CT molecular complexity index is 374. The molecule has 19 heavy (non-hydrogen) atoms. The summed E-state index contributed by atoms with van der Waals surface area (Å²) in [5, 5.41) is 42.5. The van der Waals surface area contributed by atoms with Crippen LogP contribution in [-0.2, 0) is 0 Å². The van der Waals surface area contributed by atoms with E-state index in [1.54, 1.807) is 18.2 Å². The molecule has 0 fully saturated rings. The van der Waals surface area contributed by atoms with Crippen molar-refractivity contribution in [3.63, 3.8) is 0 Å². The Morgan fingerprint density at radius 3 is 1.63 bits per heavy atom. The largest absolute Gasteiger partial charge is 0.478 e. The maximum atomic E-state index is 10.4. The van der Waals surface area contributed by atoms with Crippen LogP contribution < -0.4 is 0 Å². The molecule has 0 bridgehead atoms. The van der Waals surface area contributed by atoms with E-state index in [0.29, 0.717) is 4.90 Å². The van der Waals surface area contributed by atoms with Crippen LogP contribution in [0, 0.1) is 5.41 Å². The molecule has 0 saturated carbocycles.